The normalized spacial score (nSPS) is 16.7. The number of benzene rings is 3. The third-order valence-corrected chi connectivity index (χ3v) is 8.72. The van der Waals surface area contributed by atoms with Gasteiger partial charge in [-0.2, -0.15) is 0 Å². The van der Waals surface area contributed by atoms with Gasteiger partial charge in [-0.15, -0.1) is 0 Å². The van der Waals surface area contributed by atoms with Gasteiger partial charge in [0.2, 0.25) is 0 Å². The van der Waals surface area contributed by atoms with Gasteiger partial charge in [0.1, 0.15) is 18.1 Å². The summed E-state index contributed by atoms with van der Waals surface area (Å²) < 4.78 is 21.7. The van der Waals surface area contributed by atoms with Crippen molar-refractivity contribution >= 4 is 40.8 Å². The lowest BCUT2D eigenvalue weighted by atomic mass is 9.89. The highest BCUT2D eigenvalue weighted by Gasteiger charge is 2.39. The van der Waals surface area contributed by atoms with E-state index in [0.29, 0.717) is 17.7 Å². The average Bonchev–Trinajstić information content (AvgIpc) is 3.55. The monoisotopic (exact) mass is 631 g/mol. The first-order valence-electron chi connectivity index (χ1n) is 14.6. The second-order valence-electron chi connectivity index (χ2n) is 11.0. The van der Waals surface area contributed by atoms with Crippen molar-refractivity contribution in [2.24, 2.45) is 0 Å². The van der Waals surface area contributed by atoms with Crippen LogP contribution in [0.15, 0.2) is 73.2 Å². The third-order valence-electron chi connectivity index (χ3n) is 8.43. The number of imidazole rings is 1. The van der Waals surface area contributed by atoms with Crippen molar-refractivity contribution in [1.29, 1.82) is 0 Å². The second kappa shape index (κ2) is 12.7. The Morgan fingerprint density at radius 2 is 1.71 bits per heavy atom. The largest absolute Gasteiger partial charge is 0.478 e. The van der Waals surface area contributed by atoms with E-state index in [4.69, 9.17) is 16.3 Å². The van der Waals surface area contributed by atoms with Crippen molar-refractivity contribution in [3.05, 3.63) is 106 Å². The molecule has 1 atom stereocenters. The van der Waals surface area contributed by atoms with E-state index >= 15 is 0 Å². The summed E-state index contributed by atoms with van der Waals surface area (Å²) in [5, 5.41) is 12.1. The number of nitrogens with zero attached hydrogens (tertiary/aromatic N) is 4. The van der Waals surface area contributed by atoms with Gasteiger partial charge in [0.25, 0.3) is 11.8 Å². The number of fused-ring (bicyclic) bond motifs is 1. The van der Waals surface area contributed by atoms with Crippen LogP contribution in [0.25, 0.3) is 5.69 Å². The number of carbonyl (C=O) groups excluding carboxylic acids is 2. The van der Waals surface area contributed by atoms with E-state index in [1.165, 1.54) is 58.4 Å². The van der Waals surface area contributed by atoms with Crippen LogP contribution in [-0.2, 0) is 16.0 Å². The number of aromatic carboxylic acids is 1. The number of hydrogen-bond acceptors (Lipinski definition) is 6. The number of carboxylic acids is 1. The molecule has 0 aliphatic carbocycles. The number of aromatic nitrogens is 2. The van der Waals surface area contributed by atoms with Gasteiger partial charge < -0.3 is 29.5 Å². The minimum atomic E-state index is -1.08. The van der Waals surface area contributed by atoms with Gasteiger partial charge in [-0.25, -0.2) is 14.2 Å². The summed E-state index contributed by atoms with van der Waals surface area (Å²) in [4.78, 5) is 47.4. The molecule has 2 amide bonds. The Morgan fingerprint density at radius 3 is 2.42 bits per heavy atom. The molecule has 0 unspecified atom stereocenters. The maximum atomic E-state index is 14.7. The number of nitrogens with one attached hydrogen (secondary N) is 1. The number of amides is 2. The van der Waals surface area contributed by atoms with Crippen LogP contribution in [0, 0.1) is 5.82 Å². The Bertz CT molecular complexity index is 1750. The van der Waals surface area contributed by atoms with E-state index in [1.54, 1.807) is 13.2 Å². The molecule has 0 radical (unpaired) electrons. The van der Waals surface area contributed by atoms with Gasteiger partial charge in [0.05, 0.1) is 22.4 Å². The summed E-state index contributed by atoms with van der Waals surface area (Å²) in [6.45, 7) is 1.86. The molecule has 10 nitrogen and oxygen atoms in total. The molecule has 1 saturated heterocycles. The van der Waals surface area contributed by atoms with Crippen LogP contribution < -0.4 is 10.2 Å². The van der Waals surface area contributed by atoms with E-state index in [0.717, 1.165) is 37.2 Å². The lowest BCUT2D eigenvalue weighted by molar-refractivity contribution is -0.121. The summed E-state index contributed by atoms with van der Waals surface area (Å²) in [5.74, 6) is -2.67. The van der Waals surface area contributed by atoms with E-state index in [9.17, 15) is 23.9 Å². The number of halogens is 2. The number of rotatable bonds is 7. The van der Waals surface area contributed by atoms with Gasteiger partial charge in [0.15, 0.2) is 5.82 Å². The fourth-order valence-corrected chi connectivity index (χ4v) is 6.26. The molecule has 4 aromatic rings. The van der Waals surface area contributed by atoms with Gasteiger partial charge in [-0.1, -0.05) is 29.8 Å². The molecule has 3 aromatic carbocycles. The van der Waals surface area contributed by atoms with Gasteiger partial charge in [-0.3, -0.25) is 9.59 Å². The van der Waals surface area contributed by atoms with Crippen molar-refractivity contribution in [3.8, 4) is 5.69 Å². The van der Waals surface area contributed by atoms with Crippen LogP contribution in [0.5, 0.6) is 0 Å². The Morgan fingerprint density at radius 1 is 1.00 bits per heavy atom. The van der Waals surface area contributed by atoms with E-state index < -0.39 is 29.6 Å². The second-order valence-corrected chi connectivity index (χ2v) is 11.4. The van der Waals surface area contributed by atoms with Gasteiger partial charge >= 0.3 is 5.97 Å². The van der Waals surface area contributed by atoms with Crippen molar-refractivity contribution in [2.75, 3.05) is 37.0 Å². The van der Waals surface area contributed by atoms with Gasteiger partial charge in [0, 0.05) is 44.3 Å². The molecule has 2 N–H and O–H groups in total. The number of ether oxygens (including phenoxy) is 1. The van der Waals surface area contributed by atoms with Crippen LogP contribution in [0.4, 0.5) is 15.8 Å². The van der Waals surface area contributed by atoms with E-state index in [-0.39, 0.29) is 34.6 Å². The van der Waals surface area contributed by atoms with Crippen LogP contribution in [0.3, 0.4) is 0 Å². The first-order valence-corrected chi connectivity index (χ1v) is 15.0. The predicted octanol–water partition coefficient (Wildman–Crippen LogP) is 5.36. The maximum Gasteiger partial charge on any atom is 0.335 e. The van der Waals surface area contributed by atoms with Crippen LogP contribution in [0.2, 0.25) is 5.02 Å². The molecule has 6 rings (SSSR count). The number of methoxy groups -OCH3 is 1. The first-order chi connectivity index (χ1) is 21.7. The quantitative estimate of drug-likeness (QED) is 0.282. The Balaban J connectivity index is 1.34. The zero-order valence-corrected chi connectivity index (χ0v) is 25.2. The Hall–Kier alpha value is -4.74. The molecule has 12 heteroatoms. The van der Waals surface area contributed by atoms with Crippen molar-refractivity contribution in [1.82, 2.24) is 14.5 Å². The summed E-state index contributed by atoms with van der Waals surface area (Å²) in [6.07, 6.45) is 5.25. The van der Waals surface area contributed by atoms with E-state index in [1.807, 2.05) is 18.2 Å². The smallest absolute Gasteiger partial charge is 0.335 e. The molecule has 1 aromatic heterocycles. The number of carboxylic acid groups (broad SMARTS) is 1. The highest BCUT2D eigenvalue weighted by Crippen LogP contribution is 2.38. The number of piperidine rings is 1. The molecule has 0 spiro atoms. The van der Waals surface area contributed by atoms with Crippen LogP contribution in [0.1, 0.15) is 50.9 Å². The molecule has 45 heavy (non-hydrogen) atoms. The molecule has 1 fully saturated rings. The lowest BCUT2D eigenvalue weighted by Crippen LogP contribution is -2.46. The Kier molecular flexibility index (Phi) is 8.55. The van der Waals surface area contributed by atoms with Crippen molar-refractivity contribution in [3.63, 3.8) is 0 Å². The average molecular weight is 632 g/mol. The number of carbonyl (C=O) groups is 3. The molecular weight excluding hydrogens is 601 g/mol. The van der Waals surface area contributed by atoms with E-state index in [2.05, 4.69) is 15.2 Å². The minimum Gasteiger partial charge on any atom is -0.478 e. The predicted molar refractivity (Wildman–Crippen MR) is 167 cm³/mol. The third kappa shape index (κ3) is 6.01. The van der Waals surface area contributed by atoms with Crippen molar-refractivity contribution in [2.45, 2.75) is 31.4 Å². The summed E-state index contributed by atoms with van der Waals surface area (Å²) in [5.41, 5.74) is 3.37. The summed E-state index contributed by atoms with van der Waals surface area (Å²) in [6, 6.07) is 15.2. The zero-order chi connectivity index (χ0) is 31.7. The molecule has 3 heterocycles. The maximum absolute atomic E-state index is 14.7. The fraction of sp³-hybridized carbons (Fsp3) is 0.273. The zero-order valence-electron chi connectivity index (χ0n) is 24.5. The number of hydrogen-bond donors (Lipinski definition) is 2. The molecule has 0 saturated carbocycles. The highest BCUT2D eigenvalue weighted by molar-refractivity contribution is 6.30. The molecule has 2 aliphatic rings. The lowest BCUT2D eigenvalue weighted by Gasteiger charge is -2.40. The number of anilines is 2. The highest BCUT2D eigenvalue weighted by atomic mass is 35.5. The standard InChI is InChI=1S/C33H31ClFN5O5/c1-45-22-12-15-38(16-13-22)27-6-2-4-24-23(27)14-17-40(30(24)31(41)37-21-10-8-20(9-11-21)33(43)44)32(42)26-18-39(19-36-26)28-7-3-5-25(34)29(28)35/h2-11,18-19,22,30H,12-17H2,1H3,(H,37,41)(H,43,44)/t30-/m0/s1. The SMILES string of the molecule is COC1CCN(c2cccc3c2CCN(C(=O)c2cn(-c4cccc(Cl)c4F)cn2)[C@@H]3C(=O)Nc2ccc(C(=O)O)cc2)CC1. The van der Waals surface area contributed by atoms with Gasteiger partial charge in [-0.05, 0) is 72.9 Å². The summed E-state index contributed by atoms with van der Waals surface area (Å²) in [7, 11) is 1.73. The first kappa shape index (κ1) is 30.3. The minimum absolute atomic E-state index is 0.0410. The fourth-order valence-electron chi connectivity index (χ4n) is 6.09. The van der Waals surface area contributed by atoms with Crippen LogP contribution in [-0.4, -0.2) is 70.2 Å². The summed E-state index contributed by atoms with van der Waals surface area (Å²) >= 11 is 5.96. The molecule has 2 aliphatic heterocycles. The molecular formula is C33H31ClFN5O5. The van der Waals surface area contributed by atoms with Crippen molar-refractivity contribution < 1.29 is 28.6 Å². The van der Waals surface area contributed by atoms with Crippen LogP contribution >= 0.6 is 11.6 Å². The topological polar surface area (TPSA) is 117 Å². The molecule has 232 valence electrons. The molecule has 0 bridgehead atoms. The Labute approximate surface area is 264 Å².